The van der Waals surface area contributed by atoms with Crippen molar-refractivity contribution in [2.45, 2.75) is 104 Å². The monoisotopic (exact) mass is 738 g/mol. The molecule has 1 aliphatic heterocycles. The lowest BCUT2D eigenvalue weighted by molar-refractivity contribution is -0.144. The first kappa shape index (κ1) is 41.7. The molecule has 1 saturated carbocycles. The van der Waals surface area contributed by atoms with Crippen molar-refractivity contribution in [3.8, 4) is 0 Å². The molecule has 2 fully saturated rings. The van der Waals surface area contributed by atoms with Gasteiger partial charge in [-0.15, -0.1) is 0 Å². The van der Waals surface area contributed by atoms with Crippen molar-refractivity contribution in [1.82, 2.24) is 26.2 Å². The molecule has 286 valence electrons. The summed E-state index contributed by atoms with van der Waals surface area (Å²) in [4.78, 5) is 67.6. The van der Waals surface area contributed by atoms with Crippen LogP contribution in [0, 0.1) is 22.7 Å². The Labute approximate surface area is 300 Å². The number of nitrogens with zero attached hydrogens (tertiary/aromatic N) is 1. The number of piperidine rings is 1. The Balaban J connectivity index is 1.80. The van der Waals surface area contributed by atoms with Crippen molar-refractivity contribution >= 4 is 44.5 Å². The molecule has 51 heavy (non-hydrogen) atoms. The molecule has 1 saturated heterocycles. The largest absolute Gasteiger partial charge is 0.366 e. The molecule has 0 radical (unpaired) electrons. The number of rotatable bonds is 15. The first-order valence-corrected chi connectivity index (χ1v) is 19.8. The number of carbonyl (C=O) groups excluding carboxylic acids is 5. The normalized spacial score (nSPS) is 20.9. The molecule has 15 heteroatoms. The number of hydrogen-bond donors (Lipinski definition) is 5. The van der Waals surface area contributed by atoms with Gasteiger partial charge in [-0.25, -0.2) is 13.6 Å². The highest BCUT2D eigenvalue weighted by atomic mass is 32.2. The summed E-state index contributed by atoms with van der Waals surface area (Å²) in [7, 11) is -2.34. The van der Waals surface area contributed by atoms with E-state index >= 15 is 0 Å². The second-order valence-electron chi connectivity index (χ2n) is 15.9. The van der Waals surface area contributed by atoms with Crippen LogP contribution in [0.4, 0.5) is 13.6 Å². The second kappa shape index (κ2) is 15.9. The average Bonchev–Trinajstić information content (AvgIpc) is 3.32. The van der Waals surface area contributed by atoms with Gasteiger partial charge in [-0.05, 0) is 74.5 Å². The van der Waals surface area contributed by atoms with Gasteiger partial charge in [-0.2, -0.15) is 0 Å². The summed E-state index contributed by atoms with van der Waals surface area (Å²) >= 11 is 0. The van der Waals surface area contributed by atoms with E-state index < -0.39 is 81.1 Å². The van der Waals surface area contributed by atoms with Crippen LogP contribution in [0.5, 0.6) is 0 Å². The molecule has 6 N–H and O–H groups in total. The third-order valence-electron chi connectivity index (χ3n) is 10.3. The summed E-state index contributed by atoms with van der Waals surface area (Å²) in [6, 6.07) is 2.12. The van der Waals surface area contributed by atoms with Crippen molar-refractivity contribution < 1.29 is 37.0 Å². The summed E-state index contributed by atoms with van der Waals surface area (Å²) in [5, 5.41) is 12.5. The van der Waals surface area contributed by atoms with Gasteiger partial charge < -0.3 is 31.9 Å². The number of hydrogen-bond acceptors (Lipinski definition) is 6. The highest BCUT2D eigenvalue weighted by Crippen LogP contribution is 2.65. The zero-order valence-corrected chi connectivity index (χ0v) is 32.0. The minimum absolute atomic E-state index is 0.0420. The van der Waals surface area contributed by atoms with Crippen LogP contribution in [0.25, 0.3) is 0 Å². The van der Waals surface area contributed by atoms with Gasteiger partial charge in [0, 0.05) is 37.6 Å². The van der Waals surface area contributed by atoms with Gasteiger partial charge in [-0.3, -0.25) is 23.4 Å². The van der Waals surface area contributed by atoms with Gasteiger partial charge >= 0.3 is 6.03 Å². The fourth-order valence-electron chi connectivity index (χ4n) is 7.14. The Morgan fingerprint density at radius 3 is 2.12 bits per heavy atom. The number of halogens is 2. The SMILES string of the molecule is CCC(C=S(C)(C)=O)(CC)NC(=O)N[C@H](C(=O)N1CC2C(C1C(=O)NC(CC(F)F)C(=O)NCCc1ccc(C(N)=O)cc1)C2(C)C)C(C)(C)C. The Hall–Kier alpha value is -3.75. The molecule has 5 atom stereocenters. The molecule has 1 aromatic rings. The lowest BCUT2D eigenvalue weighted by Gasteiger charge is -2.39. The number of nitrogens with two attached hydrogens (primary N) is 1. The van der Waals surface area contributed by atoms with Gasteiger partial charge in [0.1, 0.15) is 18.1 Å². The fraction of sp³-hybridized carbons (Fsp3) is 0.667. The molecule has 3 rings (SSSR count). The predicted molar refractivity (Wildman–Crippen MR) is 195 cm³/mol. The molecule has 0 bridgehead atoms. The average molecular weight is 739 g/mol. The topological polar surface area (TPSA) is 180 Å². The third-order valence-corrected chi connectivity index (χ3v) is 11.3. The number of carbonyl (C=O) groups is 5. The molecule has 12 nitrogen and oxygen atoms in total. The summed E-state index contributed by atoms with van der Waals surface area (Å²) < 4.78 is 40.1. The first-order chi connectivity index (χ1) is 23.5. The maximum absolute atomic E-state index is 14.3. The number of nitrogens with one attached hydrogen (secondary N) is 4. The lowest BCUT2D eigenvalue weighted by atomic mass is 9.85. The van der Waals surface area contributed by atoms with E-state index in [9.17, 15) is 37.0 Å². The van der Waals surface area contributed by atoms with Gasteiger partial charge in [0.2, 0.25) is 30.1 Å². The zero-order valence-electron chi connectivity index (χ0n) is 31.2. The van der Waals surface area contributed by atoms with Crippen LogP contribution in [0.3, 0.4) is 0 Å². The van der Waals surface area contributed by atoms with E-state index in [2.05, 4.69) is 21.3 Å². The summed E-state index contributed by atoms with van der Waals surface area (Å²) in [5.74, 6) is -2.91. The molecule has 1 aliphatic carbocycles. The lowest BCUT2D eigenvalue weighted by Crippen LogP contribution is -2.63. The molecular formula is C36H56F2N6O6S. The molecule has 0 aromatic heterocycles. The highest BCUT2D eigenvalue weighted by Gasteiger charge is 2.70. The fourth-order valence-corrected chi connectivity index (χ4v) is 8.62. The van der Waals surface area contributed by atoms with Crippen LogP contribution in [-0.2, 0) is 30.3 Å². The van der Waals surface area contributed by atoms with E-state index in [1.165, 1.54) is 4.90 Å². The van der Waals surface area contributed by atoms with Crippen LogP contribution >= 0.6 is 0 Å². The minimum Gasteiger partial charge on any atom is -0.366 e. The summed E-state index contributed by atoms with van der Waals surface area (Å²) in [6.45, 7) is 13.3. The van der Waals surface area contributed by atoms with Crippen molar-refractivity contribution in [1.29, 1.82) is 0 Å². The van der Waals surface area contributed by atoms with Crippen LogP contribution in [0.1, 0.15) is 83.7 Å². The van der Waals surface area contributed by atoms with Crippen LogP contribution in [0.2, 0.25) is 0 Å². The molecule has 1 heterocycles. The Bertz CT molecular complexity index is 1590. The van der Waals surface area contributed by atoms with Gasteiger partial charge in [0.25, 0.3) is 0 Å². The molecular weight excluding hydrogens is 682 g/mol. The van der Waals surface area contributed by atoms with Crippen LogP contribution in [-0.4, -0.2) is 99.8 Å². The van der Waals surface area contributed by atoms with E-state index in [1.54, 1.807) is 62.9 Å². The molecule has 2 aliphatic rings. The number of likely N-dealkylation sites (tertiary alicyclic amines) is 1. The number of fused-ring (bicyclic) bond motifs is 1. The van der Waals surface area contributed by atoms with E-state index in [-0.39, 0.29) is 30.3 Å². The van der Waals surface area contributed by atoms with E-state index in [0.717, 1.165) is 5.56 Å². The second-order valence-corrected chi connectivity index (χ2v) is 18.7. The van der Waals surface area contributed by atoms with Gasteiger partial charge in [0.05, 0.1) is 5.54 Å². The molecule has 6 amide bonds. The standard InChI is InChI=1S/C36H56F2N6O6S/c1-10-36(11-2,20-51(8,9)50)43-33(49)42-28(34(3,4)5)32(48)44-19-23-26(35(23,6)7)27(44)31(47)41-24(18-25(37)38)30(46)40-17-16-21-12-14-22(15-13-21)29(39)45/h12-15,20,23-28H,10-11,16-19H2,1-9H3,(H2,39,45)(H,40,46)(H,41,47)(H2,42,43,49)/t23?,24?,26?,27?,28-/m1/s1. The van der Waals surface area contributed by atoms with E-state index in [1.807, 2.05) is 27.7 Å². The Morgan fingerprint density at radius 1 is 1.04 bits per heavy atom. The van der Waals surface area contributed by atoms with Gasteiger partial charge in [-0.1, -0.05) is 60.6 Å². The quantitative estimate of drug-likeness (QED) is 0.173. The third kappa shape index (κ3) is 10.4. The van der Waals surface area contributed by atoms with E-state index in [4.69, 9.17) is 5.73 Å². The predicted octanol–water partition coefficient (Wildman–Crippen LogP) is 2.69. The van der Waals surface area contributed by atoms with Crippen LogP contribution in [0.15, 0.2) is 24.3 Å². The van der Waals surface area contributed by atoms with Crippen molar-refractivity contribution in [3.63, 3.8) is 0 Å². The molecule has 1 aromatic carbocycles. The maximum Gasteiger partial charge on any atom is 0.316 e. The number of amides is 6. The number of primary amides is 1. The van der Waals surface area contributed by atoms with Crippen molar-refractivity contribution in [2.75, 3.05) is 25.6 Å². The summed E-state index contributed by atoms with van der Waals surface area (Å²) in [5.41, 5.74) is 4.38. The van der Waals surface area contributed by atoms with Crippen molar-refractivity contribution in [2.24, 2.45) is 28.4 Å². The first-order valence-electron chi connectivity index (χ1n) is 17.4. The molecule has 4 unspecified atom stereocenters. The molecule has 0 spiro atoms. The highest BCUT2D eigenvalue weighted by molar-refractivity contribution is 8.00. The maximum atomic E-state index is 14.3. The van der Waals surface area contributed by atoms with Gasteiger partial charge in [0.15, 0.2) is 0 Å². The zero-order chi connectivity index (χ0) is 38.7. The Kier molecular flexibility index (Phi) is 13.0. The van der Waals surface area contributed by atoms with Crippen LogP contribution < -0.4 is 27.0 Å². The van der Waals surface area contributed by atoms with E-state index in [0.29, 0.717) is 24.8 Å². The van der Waals surface area contributed by atoms with Crippen molar-refractivity contribution in [3.05, 3.63) is 35.4 Å². The number of urea groups is 1. The number of alkyl halides is 2. The minimum atomic E-state index is -2.90. The smallest absolute Gasteiger partial charge is 0.316 e. The Morgan fingerprint density at radius 2 is 1.63 bits per heavy atom. The summed E-state index contributed by atoms with van der Waals surface area (Å²) in [6.07, 6.45) is 0.618. The number of benzene rings is 1.